The lowest BCUT2D eigenvalue weighted by Crippen LogP contribution is -2.30. The molecule has 16 heavy (non-hydrogen) atoms. The molecular weight excluding hydrogens is 287 g/mol. The fraction of sp³-hybridized carbons (Fsp3) is 0.385. The first-order valence-electron chi connectivity index (χ1n) is 5.43. The summed E-state index contributed by atoms with van der Waals surface area (Å²) in [6, 6.07) is 5.79. The highest BCUT2D eigenvalue weighted by molar-refractivity contribution is 9.10. The summed E-state index contributed by atoms with van der Waals surface area (Å²) in [6.45, 7) is 0. The Morgan fingerprint density at radius 1 is 1.44 bits per heavy atom. The monoisotopic (exact) mass is 300 g/mol. The van der Waals surface area contributed by atoms with Gasteiger partial charge in [0.2, 0.25) is 0 Å². The predicted octanol–water partition coefficient (Wildman–Crippen LogP) is 4.12. The number of rotatable bonds is 2. The maximum Gasteiger partial charge on any atom is 0.0868 e. The lowest BCUT2D eigenvalue weighted by Gasteiger charge is -2.27. The summed E-state index contributed by atoms with van der Waals surface area (Å²) in [4.78, 5) is 0. The molecule has 1 N–H and O–H groups in total. The highest BCUT2D eigenvalue weighted by Crippen LogP contribution is 2.30. The first kappa shape index (κ1) is 12.2. The van der Waals surface area contributed by atoms with E-state index < -0.39 is 5.60 Å². The molecule has 1 atom stereocenters. The topological polar surface area (TPSA) is 20.2 Å². The Labute approximate surface area is 109 Å². The molecule has 1 aliphatic carbocycles. The summed E-state index contributed by atoms with van der Waals surface area (Å²) < 4.78 is 0.965. The van der Waals surface area contributed by atoms with Gasteiger partial charge in [-0.05, 0) is 37.0 Å². The van der Waals surface area contributed by atoms with E-state index in [0.717, 1.165) is 29.3 Å². The first-order chi connectivity index (χ1) is 7.59. The summed E-state index contributed by atoms with van der Waals surface area (Å²) in [5, 5.41) is 11.1. The standard InChI is InChI=1S/C13H14BrClO/c14-11-5-4-10(12(15)8-11)9-13(16)6-2-1-3-7-13/h2,4-6,8,16H,1,3,7,9H2. The SMILES string of the molecule is OC1(Cc2ccc(Br)cc2Cl)C=CCCC1. The number of halogens is 2. The molecule has 2 rings (SSSR count). The molecule has 1 aromatic carbocycles. The van der Waals surface area contributed by atoms with Crippen molar-refractivity contribution in [2.24, 2.45) is 0 Å². The van der Waals surface area contributed by atoms with E-state index in [4.69, 9.17) is 11.6 Å². The van der Waals surface area contributed by atoms with Gasteiger partial charge in [-0.25, -0.2) is 0 Å². The maximum absolute atomic E-state index is 10.4. The first-order valence-corrected chi connectivity index (χ1v) is 6.60. The zero-order valence-electron chi connectivity index (χ0n) is 8.92. The van der Waals surface area contributed by atoms with Crippen molar-refractivity contribution >= 4 is 27.5 Å². The van der Waals surface area contributed by atoms with Crippen LogP contribution in [0.2, 0.25) is 5.02 Å². The molecule has 0 saturated heterocycles. The summed E-state index contributed by atoms with van der Waals surface area (Å²) in [7, 11) is 0. The predicted molar refractivity (Wildman–Crippen MR) is 70.8 cm³/mol. The van der Waals surface area contributed by atoms with Gasteiger partial charge in [0.1, 0.15) is 0 Å². The highest BCUT2D eigenvalue weighted by Gasteiger charge is 2.26. The fourth-order valence-electron chi connectivity index (χ4n) is 2.05. The van der Waals surface area contributed by atoms with Gasteiger partial charge in [0.05, 0.1) is 5.60 Å². The molecule has 0 aliphatic heterocycles. The van der Waals surface area contributed by atoms with Crippen LogP contribution in [0.5, 0.6) is 0 Å². The highest BCUT2D eigenvalue weighted by atomic mass is 79.9. The van der Waals surface area contributed by atoms with Crippen molar-refractivity contribution in [1.29, 1.82) is 0 Å². The molecule has 0 saturated carbocycles. The Hall–Kier alpha value is -0.310. The van der Waals surface area contributed by atoms with Crippen LogP contribution in [-0.4, -0.2) is 10.7 Å². The number of allylic oxidation sites excluding steroid dienone is 1. The van der Waals surface area contributed by atoms with Crippen LogP contribution in [0.4, 0.5) is 0 Å². The van der Waals surface area contributed by atoms with Crippen molar-refractivity contribution in [1.82, 2.24) is 0 Å². The molecule has 1 aromatic rings. The van der Waals surface area contributed by atoms with Gasteiger partial charge >= 0.3 is 0 Å². The second-order valence-corrected chi connectivity index (χ2v) is 5.63. The lowest BCUT2D eigenvalue weighted by atomic mass is 9.85. The minimum absolute atomic E-state index is 0.593. The van der Waals surface area contributed by atoms with Gasteiger partial charge < -0.3 is 5.11 Å². The smallest absolute Gasteiger partial charge is 0.0868 e. The van der Waals surface area contributed by atoms with Gasteiger partial charge in [-0.15, -0.1) is 0 Å². The molecule has 0 bridgehead atoms. The number of aliphatic hydroxyl groups is 1. The zero-order chi connectivity index (χ0) is 11.6. The van der Waals surface area contributed by atoms with E-state index in [1.165, 1.54) is 0 Å². The van der Waals surface area contributed by atoms with E-state index in [1.54, 1.807) is 0 Å². The van der Waals surface area contributed by atoms with Crippen LogP contribution in [0.3, 0.4) is 0 Å². The van der Waals surface area contributed by atoms with Crippen LogP contribution in [0.15, 0.2) is 34.8 Å². The molecule has 0 aromatic heterocycles. The molecule has 0 heterocycles. The molecule has 86 valence electrons. The van der Waals surface area contributed by atoms with Crippen molar-refractivity contribution in [3.05, 3.63) is 45.4 Å². The summed E-state index contributed by atoms with van der Waals surface area (Å²) in [5.41, 5.74) is 0.286. The normalized spacial score (nSPS) is 24.7. The number of hydrogen-bond donors (Lipinski definition) is 1. The van der Waals surface area contributed by atoms with E-state index in [2.05, 4.69) is 22.0 Å². The third-order valence-electron chi connectivity index (χ3n) is 2.92. The van der Waals surface area contributed by atoms with Crippen molar-refractivity contribution in [3.63, 3.8) is 0 Å². The van der Waals surface area contributed by atoms with Gasteiger partial charge in [0.25, 0.3) is 0 Å². The fourth-order valence-corrected chi connectivity index (χ4v) is 2.79. The van der Waals surface area contributed by atoms with Gasteiger partial charge in [-0.1, -0.05) is 45.7 Å². The zero-order valence-corrected chi connectivity index (χ0v) is 11.3. The summed E-state index contributed by atoms with van der Waals surface area (Å²) in [5.74, 6) is 0. The van der Waals surface area contributed by atoms with E-state index in [0.29, 0.717) is 11.4 Å². The van der Waals surface area contributed by atoms with E-state index >= 15 is 0 Å². The van der Waals surface area contributed by atoms with Gasteiger partial charge in [0.15, 0.2) is 0 Å². The van der Waals surface area contributed by atoms with Crippen molar-refractivity contribution in [3.8, 4) is 0 Å². The minimum Gasteiger partial charge on any atom is -0.385 e. The Morgan fingerprint density at radius 3 is 2.88 bits per heavy atom. The third-order valence-corrected chi connectivity index (χ3v) is 3.77. The largest absolute Gasteiger partial charge is 0.385 e. The molecule has 0 spiro atoms. The van der Waals surface area contributed by atoms with Crippen molar-refractivity contribution < 1.29 is 5.11 Å². The van der Waals surface area contributed by atoms with Crippen LogP contribution in [0.25, 0.3) is 0 Å². The Morgan fingerprint density at radius 2 is 2.25 bits per heavy atom. The maximum atomic E-state index is 10.4. The molecule has 3 heteroatoms. The van der Waals surface area contributed by atoms with Crippen LogP contribution in [0.1, 0.15) is 24.8 Å². The average Bonchev–Trinajstić information content (AvgIpc) is 2.23. The van der Waals surface area contributed by atoms with Crippen LogP contribution in [0, 0.1) is 0 Å². The van der Waals surface area contributed by atoms with E-state index in [1.807, 2.05) is 24.3 Å². The number of benzene rings is 1. The second kappa shape index (κ2) is 4.91. The van der Waals surface area contributed by atoms with Gasteiger partial charge in [-0.3, -0.25) is 0 Å². The van der Waals surface area contributed by atoms with Crippen LogP contribution in [-0.2, 0) is 6.42 Å². The molecule has 1 aliphatic rings. The summed E-state index contributed by atoms with van der Waals surface area (Å²) in [6.07, 6.45) is 7.48. The van der Waals surface area contributed by atoms with Crippen LogP contribution < -0.4 is 0 Å². The second-order valence-electron chi connectivity index (χ2n) is 4.31. The van der Waals surface area contributed by atoms with E-state index in [-0.39, 0.29) is 0 Å². The molecule has 1 unspecified atom stereocenters. The Balaban J connectivity index is 2.20. The molecule has 0 radical (unpaired) electrons. The number of hydrogen-bond acceptors (Lipinski definition) is 1. The lowest BCUT2D eigenvalue weighted by molar-refractivity contribution is 0.0751. The van der Waals surface area contributed by atoms with Crippen molar-refractivity contribution in [2.45, 2.75) is 31.3 Å². The average molecular weight is 302 g/mol. The molecule has 1 nitrogen and oxygen atoms in total. The van der Waals surface area contributed by atoms with E-state index in [9.17, 15) is 5.11 Å². The summed E-state index contributed by atoms with van der Waals surface area (Å²) >= 11 is 9.52. The van der Waals surface area contributed by atoms with Crippen molar-refractivity contribution in [2.75, 3.05) is 0 Å². The Bertz CT molecular complexity index is 416. The quantitative estimate of drug-likeness (QED) is 0.815. The molecular formula is C13H14BrClO. The van der Waals surface area contributed by atoms with Gasteiger partial charge in [-0.2, -0.15) is 0 Å². The minimum atomic E-state index is -0.713. The molecule has 0 fully saturated rings. The van der Waals surface area contributed by atoms with Gasteiger partial charge in [0, 0.05) is 15.9 Å². The Kier molecular flexibility index (Phi) is 3.73. The third kappa shape index (κ3) is 2.88. The molecule has 0 amide bonds. The van der Waals surface area contributed by atoms with Crippen LogP contribution >= 0.6 is 27.5 Å².